The number of nitrogens with zero attached hydrogens (tertiary/aromatic N) is 2. The molecule has 1 saturated heterocycles. The predicted octanol–water partition coefficient (Wildman–Crippen LogP) is 3.91. The molecule has 4 heteroatoms. The van der Waals surface area contributed by atoms with Gasteiger partial charge < -0.3 is 9.88 Å². The number of imidazole rings is 1. The van der Waals surface area contributed by atoms with Crippen LogP contribution in [0.25, 0.3) is 11.0 Å². The number of anilines is 1. The molecule has 1 N–H and O–H groups in total. The lowest BCUT2D eigenvalue weighted by atomic mass is 10.0. The summed E-state index contributed by atoms with van der Waals surface area (Å²) in [6, 6.07) is 13.7. The fourth-order valence-electron chi connectivity index (χ4n) is 3.38. The van der Waals surface area contributed by atoms with Crippen LogP contribution in [-0.2, 0) is 6.42 Å². The summed E-state index contributed by atoms with van der Waals surface area (Å²) in [4.78, 5) is 9.93. The third kappa shape index (κ3) is 2.45. The topological polar surface area (TPSA) is 31.9 Å². The van der Waals surface area contributed by atoms with E-state index in [0.717, 1.165) is 24.0 Å². The van der Waals surface area contributed by atoms with E-state index in [1.54, 1.807) is 18.5 Å². The molecule has 112 valence electrons. The van der Waals surface area contributed by atoms with Crippen LogP contribution in [-0.4, -0.2) is 22.6 Å². The van der Waals surface area contributed by atoms with Gasteiger partial charge >= 0.3 is 0 Å². The van der Waals surface area contributed by atoms with Crippen molar-refractivity contribution in [3.63, 3.8) is 0 Å². The van der Waals surface area contributed by atoms with Gasteiger partial charge in [-0.25, -0.2) is 9.37 Å². The maximum absolute atomic E-state index is 13.0. The highest BCUT2D eigenvalue weighted by molar-refractivity contribution is 5.79. The van der Waals surface area contributed by atoms with Gasteiger partial charge in [-0.2, -0.15) is 0 Å². The molecule has 1 atom stereocenters. The molecule has 2 aromatic carbocycles. The lowest BCUT2D eigenvalue weighted by Gasteiger charge is -2.27. The maximum Gasteiger partial charge on any atom is 0.123 e. The first kappa shape index (κ1) is 13.3. The van der Waals surface area contributed by atoms with Gasteiger partial charge in [-0.15, -0.1) is 0 Å². The molecular formula is C18H18FN3. The zero-order chi connectivity index (χ0) is 14.9. The number of rotatable bonds is 3. The monoisotopic (exact) mass is 295 g/mol. The van der Waals surface area contributed by atoms with E-state index in [1.807, 2.05) is 12.1 Å². The molecule has 0 bridgehead atoms. The first-order valence-corrected chi connectivity index (χ1v) is 7.74. The van der Waals surface area contributed by atoms with E-state index in [0.29, 0.717) is 6.04 Å². The highest BCUT2D eigenvalue weighted by Crippen LogP contribution is 2.29. The van der Waals surface area contributed by atoms with Gasteiger partial charge in [0, 0.05) is 18.3 Å². The molecule has 0 radical (unpaired) electrons. The second-order valence-electron chi connectivity index (χ2n) is 5.92. The van der Waals surface area contributed by atoms with Crippen molar-refractivity contribution in [2.45, 2.75) is 25.3 Å². The van der Waals surface area contributed by atoms with Gasteiger partial charge in [0.05, 0.1) is 17.4 Å². The van der Waals surface area contributed by atoms with Gasteiger partial charge in [-0.1, -0.05) is 12.1 Å². The first-order chi connectivity index (χ1) is 10.8. The van der Waals surface area contributed by atoms with E-state index in [1.165, 1.54) is 24.1 Å². The van der Waals surface area contributed by atoms with Crippen LogP contribution in [0.3, 0.4) is 0 Å². The van der Waals surface area contributed by atoms with Crippen LogP contribution in [0.1, 0.15) is 18.4 Å². The Morgan fingerprint density at radius 2 is 2.05 bits per heavy atom. The minimum absolute atomic E-state index is 0.170. The summed E-state index contributed by atoms with van der Waals surface area (Å²) in [5.41, 5.74) is 4.49. The SMILES string of the molecule is Fc1ccc(CC2CCCN2c2ccc3[nH]cnc3c2)cc1. The highest BCUT2D eigenvalue weighted by Gasteiger charge is 2.25. The molecule has 1 aliphatic rings. The van der Waals surface area contributed by atoms with Crippen LogP contribution in [0, 0.1) is 5.82 Å². The van der Waals surface area contributed by atoms with Gasteiger partial charge in [0.15, 0.2) is 0 Å². The van der Waals surface area contributed by atoms with E-state index < -0.39 is 0 Å². The van der Waals surface area contributed by atoms with E-state index >= 15 is 0 Å². The number of aromatic amines is 1. The van der Waals surface area contributed by atoms with Crippen molar-refractivity contribution in [3.05, 3.63) is 60.2 Å². The molecule has 4 rings (SSSR count). The molecule has 22 heavy (non-hydrogen) atoms. The molecule has 0 amide bonds. The number of H-pyrrole nitrogens is 1. The van der Waals surface area contributed by atoms with Crippen molar-refractivity contribution in [1.29, 1.82) is 0 Å². The smallest absolute Gasteiger partial charge is 0.123 e. The maximum atomic E-state index is 13.0. The minimum Gasteiger partial charge on any atom is -0.368 e. The quantitative estimate of drug-likeness (QED) is 0.794. The lowest BCUT2D eigenvalue weighted by Crippen LogP contribution is -2.30. The van der Waals surface area contributed by atoms with Crippen molar-refractivity contribution < 1.29 is 4.39 Å². The van der Waals surface area contributed by atoms with Crippen LogP contribution in [0.4, 0.5) is 10.1 Å². The largest absolute Gasteiger partial charge is 0.368 e. The van der Waals surface area contributed by atoms with Gasteiger partial charge in [0.25, 0.3) is 0 Å². The van der Waals surface area contributed by atoms with Crippen LogP contribution >= 0.6 is 0 Å². The third-order valence-corrected chi connectivity index (χ3v) is 4.50. The molecule has 1 fully saturated rings. The summed E-state index contributed by atoms with van der Waals surface area (Å²) >= 11 is 0. The second-order valence-corrected chi connectivity index (χ2v) is 5.92. The average molecular weight is 295 g/mol. The molecular weight excluding hydrogens is 277 g/mol. The van der Waals surface area contributed by atoms with Gasteiger partial charge in [0.2, 0.25) is 0 Å². The van der Waals surface area contributed by atoms with E-state index in [9.17, 15) is 4.39 Å². The first-order valence-electron chi connectivity index (χ1n) is 7.74. The summed E-state index contributed by atoms with van der Waals surface area (Å²) in [6.45, 7) is 1.07. The summed E-state index contributed by atoms with van der Waals surface area (Å²) in [7, 11) is 0. The number of fused-ring (bicyclic) bond motifs is 1. The Morgan fingerprint density at radius 3 is 2.91 bits per heavy atom. The van der Waals surface area contributed by atoms with Crippen molar-refractivity contribution in [2.24, 2.45) is 0 Å². The molecule has 1 aliphatic heterocycles. The van der Waals surface area contributed by atoms with Crippen LogP contribution in [0.2, 0.25) is 0 Å². The standard InChI is InChI=1S/C18H18FN3/c19-14-5-3-13(4-6-14)10-15-2-1-9-22(15)16-7-8-17-18(11-16)21-12-20-17/h3-8,11-12,15H,1-2,9-10H2,(H,20,21). The van der Waals surface area contributed by atoms with Gasteiger partial charge in [-0.3, -0.25) is 0 Å². The van der Waals surface area contributed by atoms with Crippen molar-refractivity contribution in [1.82, 2.24) is 9.97 Å². The second kappa shape index (κ2) is 5.44. The van der Waals surface area contributed by atoms with Gasteiger partial charge in [-0.05, 0) is 55.2 Å². The molecule has 0 aliphatic carbocycles. The highest BCUT2D eigenvalue weighted by atomic mass is 19.1. The fraction of sp³-hybridized carbons (Fsp3) is 0.278. The molecule has 0 spiro atoms. The van der Waals surface area contributed by atoms with Crippen molar-refractivity contribution in [2.75, 3.05) is 11.4 Å². The Labute approximate surface area is 128 Å². The number of nitrogens with one attached hydrogen (secondary N) is 1. The average Bonchev–Trinajstić information content (AvgIpc) is 3.17. The normalized spacial score (nSPS) is 18.2. The summed E-state index contributed by atoms with van der Waals surface area (Å²) in [5, 5.41) is 0. The lowest BCUT2D eigenvalue weighted by molar-refractivity contribution is 0.623. The van der Waals surface area contributed by atoms with Crippen molar-refractivity contribution in [3.8, 4) is 0 Å². The number of aromatic nitrogens is 2. The van der Waals surface area contributed by atoms with E-state index in [4.69, 9.17) is 0 Å². The van der Waals surface area contributed by atoms with Gasteiger partial charge in [0.1, 0.15) is 5.82 Å². The molecule has 3 nitrogen and oxygen atoms in total. The predicted molar refractivity (Wildman–Crippen MR) is 86.6 cm³/mol. The Morgan fingerprint density at radius 1 is 1.18 bits per heavy atom. The molecule has 0 saturated carbocycles. The minimum atomic E-state index is -0.170. The molecule has 2 heterocycles. The van der Waals surface area contributed by atoms with E-state index in [2.05, 4.69) is 33.1 Å². The Kier molecular flexibility index (Phi) is 3.29. The number of halogens is 1. The van der Waals surface area contributed by atoms with Crippen LogP contribution in [0.15, 0.2) is 48.8 Å². The zero-order valence-corrected chi connectivity index (χ0v) is 12.3. The van der Waals surface area contributed by atoms with Crippen molar-refractivity contribution >= 4 is 16.7 Å². The van der Waals surface area contributed by atoms with Crippen LogP contribution < -0.4 is 4.90 Å². The third-order valence-electron chi connectivity index (χ3n) is 4.50. The number of hydrogen-bond donors (Lipinski definition) is 1. The summed E-state index contributed by atoms with van der Waals surface area (Å²) < 4.78 is 13.0. The molecule has 1 unspecified atom stereocenters. The summed E-state index contributed by atoms with van der Waals surface area (Å²) in [5.74, 6) is -0.170. The molecule has 3 aromatic rings. The van der Waals surface area contributed by atoms with E-state index in [-0.39, 0.29) is 5.82 Å². The fourth-order valence-corrected chi connectivity index (χ4v) is 3.38. The Balaban J connectivity index is 1.58. The van der Waals surface area contributed by atoms with Crippen LogP contribution in [0.5, 0.6) is 0 Å². The molecule has 1 aromatic heterocycles. The zero-order valence-electron chi connectivity index (χ0n) is 12.3. The Hall–Kier alpha value is -2.36. The Bertz CT molecular complexity index is 778. The number of benzene rings is 2. The number of hydrogen-bond acceptors (Lipinski definition) is 2. The summed E-state index contributed by atoms with van der Waals surface area (Å²) in [6.07, 6.45) is 5.06.